The molecule has 0 spiro atoms. The van der Waals surface area contributed by atoms with Crippen LogP contribution in [0.4, 0.5) is 0 Å². The molecule has 1 atom stereocenters. The maximum absolute atomic E-state index is 4.84. The molecule has 1 N–H and O–H groups in total. The fourth-order valence-corrected chi connectivity index (χ4v) is 4.49. The van der Waals surface area contributed by atoms with Gasteiger partial charge in [0.2, 0.25) is 0 Å². The zero-order valence-corrected chi connectivity index (χ0v) is 15.1. The largest absolute Gasteiger partial charge is 0.357 e. The average molecular weight is 327 g/mol. The first-order valence-corrected chi connectivity index (χ1v) is 9.58. The van der Waals surface area contributed by atoms with Crippen LogP contribution in [0.3, 0.4) is 0 Å². The Kier molecular flexibility index (Phi) is 6.36. The monoisotopic (exact) mass is 326 g/mol. The van der Waals surface area contributed by atoms with Crippen LogP contribution in [-0.2, 0) is 6.54 Å². The van der Waals surface area contributed by atoms with Gasteiger partial charge in [-0.2, -0.15) is 11.8 Å². The number of aryl methyl sites for hydroxylation is 2. The van der Waals surface area contributed by atoms with E-state index in [0.29, 0.717) is 0 Å². The zero-order chi connectivity index (χ0) is 15.2. The zero-order valence-electron chi connectivity index (χ0n) is 13.5. The predicted molar refractivity (Wildman–Crippen MR) is 94.5 cm³/mol. The van der Waals surface area contributed by atoms with Gasteiger partial charge in [-0.05, 0) is 27.2 Å². The van der Waals surface area contributed by atoms with Crippen molar-refractivity contribution in [2.24, 2.45) is 4.99 Å². The van der Waals surface area contributed by atoms with Crippen LogP contribution in [0, 0.1) is 13.8 Å². The number of aliphatic imine (C=N–C) groups is 1. The molecule has 6 heteroatoms. The van der Waals surface area contributed by atoms with Gasteiger partial charge in [0.15, 0.2) is 5.96 Å². The van der Waals surface area contributed by atoms with Gasteiger partial charge in [0.1, 0.15) is 0 Å². The van der Waals surface area contributed by atoms with Crippen LogP contribution >= 0.6 is 23.1 Å². The van der Waals surface area contributed by atoms with E-state index in [1.807, 2.05) is 0 Å². The van der Waals surface area contributed by atoms with Crippen LogP contribution in [0.5, 0.6) is 0 Å². The smallest absolute Gasteiger partial charge is 0.194 e. The van der Waals surface area contributed by atoms with Crippen molar-refractivity contribution in [1.82, 2.24) is 15.2 Å². The van der Waals surface area contributed by atoms with Gasteiger partial charge in [-0.15, -0.1) is 11.3 Å². The summed E-state index contributed by atoms with van der Waals surface area (Å²) in [5.74, 6) is 2.25. The van der Waals surface area contributed by atoms with E-state index >= 15 is 0 Å². The van der Waals surface area contributed by atoms with Gasteiger partial charge in [0.05, 0.1) is 17.2 Å². The molecule has 1 unspecified atom stereocenters. The van der Waals surface area contributed by atoms with Crippen LogP contribution in [-0.4, -0.2) is 46.5 Å². The molecule has 118 valence electrons. The normalized spacial score (nSPS) is 19.9. The summed E-state index contributed by atoms with van der Waals surface area (Å²) in [4.78, 5) is 13.0. The number of nitrogens with zero attached hydrogens (tertiary/aromatic N) is 3. The van der Waals surface area contributed by atoms with Gasteiger partial charge < -0.3 is 10.2 Å². The number of thiazole rings is 1. The molecule has 1 aromatic rings. The molecular formula is C15H26N4S2. The first-order valence-electron chi connectivity index (χ1n) is 7.71. The minimum Gasteiger partial charge on any atom is -0.357 e. The minimum atomic E-state index is 0.731. The summed E-state index contributed by atoms with van der Waals surface area (Å²) in [6, 6.07) is 0. The summed E-state index contributed by atoms with van der Waals surface area (Å²) in [6.07, 6.45) is 1.23. The average Bonchev–Trinajstić information content (AvgIpc) is 2.81. The van der Waals surface area contributed by atoms with Gasteiger partial charge >= 0.3 is 0 Å². The Hall–Kier alpha value is -0.750. The van der Waals surface area contributed by atoms with Crippen molar-refractivity contribution in [3.63, 3.8) is 0 Å². The molecule has 1 aromatic heterocycles. The quantitative estimate of drug-likeness (QED) is 0.682. The van der Waals surface area contributed by atoms with Crippen LogP contribution in [0.15, 0.2) is 4.99 Å². The van der Waals surface area contributed by atoms with E-state index in [9.17, 15) is 0 Å². The molecule has 0 saturated carbocycles. The van der Waals surface area contributed by atoms with E-state index in [0.717, 1.165) is 48.1 Å². The lowest BCUT2D eigenvalue weighted by Gasteiger charge is -2.34. The van der Waals surface area contributed by atoms with Crippen molar-refractivity contribution in [3.05, 3.63) is 15.6 Å². The topological polar surface area (TPSA) is 40.5 Å². The number of guanidine groups is 1. The lowest BCUT2D eigenvalue weighted by molar-refractivity contribution is 0.408. The number of thioether (sulfide) groups is 1. The first-order chi connectivity index (χ1) is 10.1. The molecule has 0 aliphatic carbocycles. The van der Waals surface area contributed by atoms with Crippen molar-refractivity contribution in [2.45, 2.75) is 45.9 Å². The highest BCUT2D eigenvalue weighted by Crippen LogP contribution is 2.22. The van der Waals surface area contributed by atoms with E-state index in [1.165, 1.54) is 17.1 Å². The molecule has 1 saturated heterocycles. The van der Waals surface area contributed by atoms with Gasteiger partial charge in [0.25, 0.3) is 0 Å². The third kappa shape index (κ3) is 4.61. The molecule has 2 heterocycles. The maximum atomic E-state index is 4.84. The Labute approximate surface area is 136 Å². The molecule has 1 aliphatic heterocycles. The summed E-state index contributed by atoms with van der Waals surface area (Å²) in [6.45, 7) is 12.4. The molecule has 0 radical (unpaired) electrons. The Morgan fingerprint density at radius 3 is 2.86 bits per heavy atom. The fraction of sp³-hybridized carbons (Fsp3) is 0.733. The number of aromatic nitrogens is 1. The van der Waals surface area contributed by atoms with E-state index in [-0.39, 0.29) is 0 Å². The lowest BCUT2D eigenvalue weighted by atomic mass is 10.3. The molecule has 1 fully saturated rings. The molecule has 1 aliphatic rings. The molecule has 0 bridgehead atoms. The minimum absolute atomic E-state index is 0.731. The number of nitrogens with one attached hydrogen (secondary N) is 1. The van der Waals surface area contributed by atoms with Crippen LogP contribution in [0.1, 0.15) is 35.8 Å². The summed E-state index contributed by atoms with van der Waals surface area (Å²) in [5, 5.41) is 5.30. The fourth-order valence-electron chi connectivity index (χ4n) is 2.45. The molecule has 2 rings (SSSR count). The SMILES string of the molecule is CCNC(=NCc1sc(C)nc1C)N1CCSC(CC)C1. The third-order valence-corrected chi connectivity index (χ3v) is 6.03. The summed E-state index contributed by atoms with van der Waals surface area (Å²) >= 11 is 3.85. The van der Waals surface area contributed by atoms with Crippen LogP contribution in [0.25, 0.3) is 0 Å². The van der Waals surface area contributed by atoms with Gasteiger partial charge in [0, 0.05) is 35.5 Å². The second kappa shape index (κ2) is 8.03. The van der Waals surface area contributed by atoms with E-state index in [1.54, 1.807) is 11.3 Å². The van der Waals surface area contributed by atoms with E-state index < -0.39 is 0 Å². The van der Waals surface area contributed by atoms with Crippen molar-refractivity contribution in [3.8, 4) is 0 Å². The predicted octanol–water partition coefficient (Wildman–Crippen LogP) is 3.05. The maximum Gasteiger partial charge on any atom is 0.194 e. The number of rotatable bonds is 4. The molecule has 4 nitrogen and oxygen atoms in total. The lowest BCUT2D eigenvalue weighted by Crippen LogP contribution is -2.48. The highest BCUT2D eigenvalue weighted by Gasteiger charge is 2.21. The van der Waals surface area contributed by atoms with Crippen LogP contribution < -0.4 is 5.32 Å². The Morgan fingerprint density at radius 2 is 2.24 bits per heavy atom. The van der Waals surface area contributed by atoms with E-state index in [2.05, 4.69) is 54.7 Å². The second-order valence-electron chi connectivity index (χ2n) is 5.26. The Morgan fingerprint density at radius 1 is 1.43 bits per heavy atom. The second-order valence-corrected chi connectivity index (χ2v) is 7.95. The van der Waals surface area contributed by atoms with Crippen LogP contribution in [0.2, 0.25) is 0 Å². The molecule has 0 aromatic carbocycles. The molecule has 21 heavy (non-hydrogen) atoms. The molecule has 0 amide bonds. The highest BCUT2D eigenvalue weighted by atomic mass is 32.2. The van der Waals surface area contributed by atoms with Crippen molar-refractivity contribution < 1.29 is 0 Å². The molecular weight excluding hydrogens is 300 g/mol. The first kappa shape index (κ1) is 16.6. The van der Waals surface area contributed by atoms with E-state index in [4.69, 9.17) is 4.99 Å². The van der Waals surface area contributed by atoms with Gasteiger partial charge in [-0.1, -0.05) is 6.92 Å². The number of hydrogen-bond acceptors (Lipinski definition) is 4. The standard InChI is InChI=1S/C15H26N4S2/c1-5-13-10-19(7-8-20-13)15(16-6-2)17-9-14-11(3)18-12(4)21-14/h13H,5-10H2,1-4H3,(H,16,17). The Balaban J connectivity index is 2.06. The van der Waals surface area contributed by atoms with Gasteiger partial charge in [-0.25, -0.2) is 9.98 Å². The summed E-state index contributed by atoms with van der Waals surface area (Å²) in [7, 11) is 0. The van der Waals surface area contributed by atoms with Crippen molar-refractivity contribution in [1.29, 1.82) is 0 Å². The summed E-state index contributed by atoms with van der Waals surface area (Å²) in [5.41, 5.74) is 1.12. The van der Waals surface area contributed by atoms with Crippen molar-refractivity contribution >= 4 is 29.1 Å². The number of hydrogen-bond donors (Lipinski definition) is 1. The third-order valence-electron chi connectivity index (χ3n) is 3.60. The summed E-state index contributed by atoms with van der Waals surface area (Å²) < 4.78 is 0. The highest BCUT2D eigenvalue weighted by molar-refractivity contribution is 8.00. The van der Waals surface area contributed by atoms with Crippen molar-refractivity contribution in [2.75, 3.05) is 25.4 Å². The Bertz CT molecular complexity index is 484. The van der Waals surface area contributed by atoms with Gasteiger partial charge in [-0.3, -0.25) is 0 Å².